The number of thiophene rings is 1. The van der Waals surface area contributed by atoms with Crippen LogP contribution in [0.15, 0.2) is 33.4 Å². The van der Waals surface area contributed by atoms with E-state index in [1.54, 1.807) is 29.5 Å². The van der Waals surface area contributed by atoms with E-state index in [4.69, 9.17) is 4.74 Å². The van der Waals surface area contributed by atoms with E-state index in [-0.39, 0.29) is 12.1 Å². The number of hydrogen-bond acceptors (Lipinski definition) is 5. The summed E-state index contributed by atoms with van der Waals surface area (Å²) < 4.78 is 32.6. The topological polar surface area (TPSA) is 79.0 Å². The van der Waals surface area contributed by atoms with Crippen molar-refractivity contribution in [2.45, 2.75) is 29.5 Å². The van der Waals surface area contributed by atoms with E-state index < -0.39 is 10.0 Å². The molecule has 2 amide bonds. The van der Waals surface area contributed by atoms with Gasteiger partial charge in [-0.1, -0.05) is 12.1 Å². The van der Waals surface area contributed by atoms with Gasteiger partial charge in [-0.05, 0) is 36.3 Å². The Balaban J connectivity index is 1.56. The molecule has 0 aliphatic carbocycles. The van der Waals surface area contributed by atoms with Gasteiger partial charge in [0.25, 0.3) is 10.0 Å². The summed E-state index contributed by atoms with van der Waals surface area (Å²) in [7, 11) is -1.73. The predicted molar refractivity (Wildman–Crippen MR) is 101 cm³/mol. The van der Waals surface area contributed by atoms with Gasteiger partial charge in [0.05, 0.1) is 13.2 Å². The number of hydrogen-bond donors (Lipinski definition) is 1. The van der Waals surface area contributed by atoms with Crippen molar-refractivity contribution in [3.63, 3.8) is 0 Å². The third-order valence-electron chi connectivity index (χ3n) is 4.57. The molecule has 1 saturated heterocycles. The van der Waals surface area contributed by atoms with E-state index in [9.17, 15) is 13.2 Å². The van der Waals surface area contributed by atoms with E-state index >= 15 is 0 Å². The highest BCUT2D eigenvalue weighted by molar-refractivity contribution is 7.91. The van der Waals surface area contributed by atoms with Gasteiger partial charge in [-0.2, -0.15) is 4.31 Å². The zero-order valence-corrected chi connectivity index (χ0v) is 16.5. The highest BCUT2D eigenvalue weighted by atomic mass is 32.2. The number of likely N-dealkylation sites (N-methyl/N-ethyl adjacent to an activating group) is 1. The monoisotopic (exact) mass is 399 g/mol. The number of amides is 2. The summed E-state index contributed by atoms with van der Waals surface area (Å²) in [6, 6.07) is 3.00. The van der Waals surface area contributed by atoms with E-state index in [0.29, 0.717) is 30.5 Å². The molecular weight excluding hydrogens is 374 g/mol. The summed E-state index contributed by atoms with van der Waals surface area (Å²) in [4.78, 5) is 14.1. The van der Waals surface area contributed by atoms with E-state index in [1.807, 2.05) is 0 Å². The number of nitrogens with zero attached hydrogens (tertiary/aromatic N) is 2. The van der Waals surface area contributed by atoms with E-state index in [2.05, 4.69) is 11.4 Å². The molecule has 3 heterocycles. The summed E-state index contributed by atoms with van der Waals surface area (Å²) in [5, 5.41) is 4.73. The van der Waals surface area contributed by atoms with Crippen LogP contribution in [0.2, 0.25) is 0 Å². The molecule has 2 aliphatic rings. The lowest BCUT2D eigenvalue weighted by Crippen LogP contribution is -2.52. The first-order valence-electron chi connectivity index (χ1n) is 8.78. The molecule has 1 aromatic heterocycles. The van der Waals surface area contributed by atoms with Gasteiger partial charge in [0.1, 0.15) is 4.21 Å². The molecule has 1 atom stereocenters. The Hall–Kier alpha value is -1.42. The average molecular weight is 400 g/mol. The minimum atomic E-state index is -3.47. The number of ether oxygens (including phenoxy) is 1. The van der Waals surface area contributed by atoms with Crippen LogP contribution in [0.1, 0.15) is 19.3 Å². The molecule has 1 N–H and O–H groups in total. The number of piperidine rings is 1. The van der Waals surface area contributed by atoms with Gasteiger partial charge in [0, 0.05) is 32.7 Å². The van der Waals surface area contributed by atoms with Crippen LogP contribution in [-0.2, 0) is 14.8 Å². The normalized spacial score (nSPS) is 21.9. The second kappa shape index (κ2) is 8.51. The Bertz CT molecular complexity index is 746. The molecule has 144 valence electrons. The van der Waals surface area contributed by atoms with Gasteiger partial charge < -0.3 is 15.0 Å². The fourth-order valence-corrected chi connectivity index (χ4v) is 5.86. The highest BCUT2D eigenvalue weighted by Crippen LogP contribution is 2.24. The van der Waals surface area contributed by atoms with Crippen molar-refractivity contribution in [1.82, 2.24) is 14.5 Å². The molecular formula is C17H25N3O4S2. The fraction of sp³-hybridized carbons (Fsp3) is 0.588. The first-order valence-corrected chi connectivity index (χ1v) is 11.1. The van der Waals surface area contributed by atoms with Crippen molar-refractivity contribution in [3.8, 4) is 0 Å². The van der Waals surface area contributed by atoms with Crippen LogP contribution in [0.5, 0.6) is 0 Å². The number of sulfonamides is 1. The maximum atomic E-state index is 12.7. The Morgan fingerprint density at radius 1 is 1.50 bits per heavy atom. The van der Waals surface area contributed by atoms with Gasteiger partial charge in [-0.25, -0.2) is 13.2 Å². The smallest absolute Gasteiger partial charge is 0.317 e. The summed E-state index contributed by atoms with van der Waals surface area (Å²) in [5.41, 5.74) is 1.10. The van der Waals surface area contributed by atoms with Crippen LogP contribution in [0.4, 0.5) is 4.79 Å². The van der Waals surface area contributed by atoms with Crippen molar-refractivity contribution in [2.24, 2.45) is 0 Å². The van der Waals surface area contributed by atoms with Crippen molar-refractivity contribution in [1.29, 1.82) is 0 Å². The van der Waals surface area contributed by atoms with Crippen LogP contribution in [0, 0.1) is 0 Å². The van der Waals surface area contributed by atoms with Crippen LogP contribution >= 0.6 is 11.3 Å². The predicted octanol–water partition coefficient (Wildman–Crippen LogP) is 1.89. The lowest BCUT2D eigenvalue weighted by molar-refractivity contribution is 0.144. The molecule has 0 bridgehead atoms. The molecule has 3 rings (SSSR count). The maximum Gasteiger partial charge on any atom is 0.317 e. The minimum absolute atomic E-state index is 0.176. The Morgan fingerprint density at radius 2 is 2.35 bits per heavy atom. The lowest BCUT2D eigenvalue weighted by atomic mass is 10.1. The maximum absolute atomic E-state index is 12.7. The number of carbonyl (C=O) groups excluding carboxylic acids is 1. The lowest BCUT2D eigenvalue weighted by Gasteiger charge is -2.33. The molecule has 26 heavy (non-hydrogen) atoms. The van der Waals surface area contributed by atoms with Gasteiger partial charge in [-0.3, -0.25) is 0 Å². The molecule has 7 nitrogen and oxygen atoms in total. The number of nitrogens with one attached hydrogen (secondary N) is 1. The van der Waals surface area contributed by atoms with E-state index in [1.165, 1.54) is 15.6 Å². The second-order valence-electron chi connectivity index (χ2n) is 6.64. The van der Waals surface area contributed by atoms with Gasteiger partial charge in [0.15, 0.2) is 0 Å². The third-order valence-corrected chi connectivity index (χ3v) is 7.81. The summed E-state index contributed by atoms with van der Waals surface area (Å²) in [5.74, 6) is 0. The molecule has 2 aliphatic heterocycles. The number of urea groups is 1. The summed E-state index contributed by atoms with van der Waals surface area (Å²) in [6.45, 7) is 2.62. The Labute approximate surface area is 158 Å². The van der Waals surface area contributed by atoms with Gasteiger partial charge in [0.2, 0.25) is 0 Å². The second-order valence-corrected chi connectivity index (χ2v) is 9.76. The van der Waals surface area contributed by atoms with Crippen LogP contribution in [-0.4, -0.2) is 69.6 Å². The molecule has 0 radical (unpaired) electrons. The molecule has 0 spiro atoms. The van der Waals surface area contributed by atoms with Crippen molar-refractivity contribution in [3.05, 3.63) is 29.2 Å². The van der Waals surface area contributed by atoms with Gasteiger partial charge in [-0.15, -0.1) is 11.3 Å². The first kappa shape index (κ1) is 19.3. The fourth-order valence-electron chi connectivity index (χ4n) is 3.20. The van der Waals surface area contributed by atoms with E-state index in [0.717, 1.165) is 31.4 Å². The zero-order valence-electron chi connectivity index (χ0n) is 14.9. The average Bonchev–Trinajstić information content (AvgIpc) is 3.18. The molecule has 1 aromatic rings. The van der Waals surface area contributed by atoms with Crippen molar-refractivity contribution >= 4 is 27.4 Å². The largest absolute Gasteiger partial charge is 0.377 e. The van der Waals surface area contributed by atoms with Crippen molar-refractivity contribution < 1.29 is 17.9 Å². The van der Waals surface area contributed by atoms with Gasteiger partial charge >= 0.3 is 6.03 Å². The molecule has 9 heteroatoms. The standard InChI is InChI=1S/C17H25N3O4S2/c1-19(11-14-5-3-9-24-13-14)17(21)18-15-6-2-8-20(12-15)26(22,23)16-7-4-10-25-16/h4-5,7,10,15H,2-3,6,8-9,11-13H2,1H3,(H,18,21)/t15-/m1/s1. The van der Waals surface area contributed by atoms with Crippen LogP contribution < -0.4 is 5.32 Å². The first-order chi connectivity index (χ1) is 12.5. The quantitative estimate of drug-likeness (QED) is 0.767. The molecule has 0 saturated carbocycles. The van der Waals surface area contributed by atoms with Crippen LogP contribution in [0.3, 0.4) is 0 Å². The third kappa shape index (κ3) is 4.64. The minimum Gasteiger partial charge on any atom is -0.377 e. The molecule has 0 aromatic carbocycles. The Kier molecular flexibility index (Phi) is 6.33. The molecule has 0 unspecified atom stereocenters. The summed E-state index contributed by atoms with van der Waals surface area (Å²) in [6.07, 6.45) is 4.51. The Morgan fingerprint density at radius 3 is 3.04 bits per heavy atom. The van der Waals surface area contributed by atoms with Crippen molar-refractivity contribution in [2.75, 3.05) is 39.9 Å². The van der Waals surface area contributed by atoms with Crippen LogP contribution in [0.25, 0.3) is 0 Å². The highest BCUT2D eigenvalue weighted by Gasteiger charge is 2.31. The molecule has 1 fully saturated rings. The summed E-state index contributed by atoms with van der Waals surface area (Å²) >= 11 is 1.22. The zero-order chi connectivity index (χ0) is 18.6. The number of rotatable bonds is 5. The SMILES string of the molecule is CN(CC1=CCCOC1)C(=O)N[C@@H]1CCCN(S(=O)(=O)c2cccs2)C1. The number of carbonyl (C=O) groups is 1.